The van der Waals surface area contributed by atoms with Crippen molar-refractivity contribution in [3.05, 3.63) is 0 Å². The van der Waals surface area contributed by atoms with Gasteiger partial charge in [0.2, 0.25) is 6.29 Å². The maximum atomic E-state index is 10.4. The van der Waals surface area contributed by atoms with E-state index < -0.39 is 0 Å². The van der Waals surface area contributed by atoms with Crippen molar-refractivity contribution in [2.24, 2.45) is 5.92 Å². The molecule has 1 radical (unpaired) electrons. The fourth-order valence-corrected chi connectivity index (χ4v) is 2.42. The molecule has 2 heteroatoms. The first-order valence-electron chi connectivity index (χ1n) is 4.54. The highest BCUT2D eigenvalue weighted by Crippen LogP contribution is 2.32. The summed E-state index contributed by atoms with van der Waals surface area (Å²) in [6.07, 6.45) is 8.37. The highest BCUT2D eigenvalue weighted by atomic mass is 16.1. The van der Waals surface area contributed by atoms with Gasteiger partial charge in [-0.15, -0.1) is 0 Å². The van der Waals surface area contributed by atoms with Crippen LogP contribution in [0, 0.1) is 5.92 Å². The van der Waals surface area contributed by atoms with Crippen LogP contribution in [0.2, 0.25) is 0 Å². The number of nitrogens with one attached hydrogen (secondary N) is 1. The van der Waals surface area contributed by atoms with Crippen molar-refractivity contribution in [3.8, 4) is 0 Å². The average Bonchev–Trinajstić information content (AvgIpc) is 2.46. The third-order valence-corrected chi connectivity index (χ3v) is 3.01. The van der Waals surface area contributed by atoms with Gasteiger partial charge >= 0.3 is 0 Å². The summed E-state index contributed by atoms with van der Waals surface area (Å²) < 4.78 is 0. The zero-order chi connectivity index (χ0) is 7.68. The van der Waals surface area contributed by atoms with Gasteiger partial charge in [-0.25, -0.2) is 0 Å². The van der Waals surface area contributed by atoms with Crippen LogP contribution in [0.25, 0.3) is 0 Å². The molecule has 1 saturated heterocycles. The van der Waals surface area contributed by atoms with Gasteiger partial charge in [0.1, 0.15) is 0 Å². The minimum atomic E-state index is 0.0445. The zero-order valence-corrected chi connectivity index (χ0v) is 6.68. The minimum absolute atomic E-state index is 0.0445. The van der Waals surface area contributed by atoms with E-state index in [4.69, 9.17) is 0 Å². The summed E-state index contributed by atoms with van der Waals surface area (Å²) in [5, 5.41) is 3.32. The van der Waals surface area contributed by atoms with E-state index >= 15 is 0 Å². The van der Waals surface area contributed by atoms with Crippen molar-refractivity contribution in [2.45, 2.75) is 44.2 Å². The molecule has 1 aliphatic carbocycles. The van der Waals surface area contributed by atoms with Crippen molar-refractivity contribution in [3.63, 3.8) is 0 Å². The molecule has 0 aromatic rings. The SMILES string of the molecule is O=[C][C@@H]1C[C@H]2CCCCC2N1. The molecule has 1 unspecified atom stereocenters. The largest absolute Gasteiger partial charge is 0.304 e. The lowest BCUT2D eigenvalue weighted by Crippen LogP contribution is -2.33. The van der Waals surface area contributed by atoms with Crippen LogP contribution in [-0.4, -0.2) is 18.4 Å². The number of fused-ring (bicyclic) bond motifs is 1. The molecule has 2 aliphatic rings. The molecule has 1 saturated carbocycles. The van der Waals surface area contributed by atoms with E-state index in [1.54, 1.807) is 0 Å². The second-order valence-corrected chi connectivity index (χ2v) is 3.72. The Labute approximate surface area is 67.4 Å². The van der Waals surface area contributed by atoms with Gasteiger partial charge in [-0.3, -0.25) is 4.79 Å². The summed E-state index contributed by atoms with van der Waals surface area (Å²) in [5.74, 6) is 0.773. The Hall–Kier alpha value is -0.370. The highest BCUT2D eigenvalue weighted by molar-refractivity contribution is 5.59. The molecule has 2 rings (SSSR count). The molecule has 1 heterocycles. The van der Waals surface area contributed by atoms with Gasteiger partial charge in [0, 0.05) is 6.04 Å². The number of hydrogen-bond donors (Lipinski definition) is 1. The van der Waals surface area contributed by atoms with Crippen molar-refractivity contribution >= 4 is 6.29 Å². The number of carbonyl (C=O) groups excluding carboxylic acids is 1. The Balaban J connectivity index is 1.97. The molecular formula is C9H14NO. The van der Waals surface area contributed by atoms with Gasteiger partial charge in [0.15, 0.2) is 0 Å². The first-order chi connectivity index (χ1) is 5.40. The molecule has 1 aliphatic heterocycles. The minimum Gasteiger partial charge on any atom is -0.304 e. The topological polar surface area (TPSA) is 29.1 Å². The monoisotopic (exact) mass is 152 g/mol. The molecule has 2 nitrogen and oxygen atoms in total. The molecule has 0 bridgehead atoms. The van der Waals surface area contributed by atoms with E-state index in [9.17, 15) is 4.79 Å². The molecule has 1 N–H and O–H groups in total. The molecule has 2 fully saturated rings. The second-order valence-electron chi connectivity index (χ2n) is 3.72. The fraction of sp³-hybridized carbons (Fsp3) is 0.889. The number of rotatable bonds is 1. The predicted molar refractivity (Wildman–Crippen MR) is 43.0 cm³/mol. The summed E-state index contributed by atoms with van der Waals surface area (Å²) in [4.78, 5) is 10.4. The van der Waals surface area contributed by atoms with Gasteiger partial charge in [0.05, 0.1) is 6.04 Å². The van der Waals surface area contributed by atoms with Gasteiger partial charge in [0.25, 0.3) is 0 Å². The molecule has 3 atom stereocenters. The van der Waals surface area contributed by atoms with E-state index in [1.807, 2.05) is 0 Å². The standard InChI is InChI=1S/C9H14NO/c11-6-8-5-7-3-1-2-4-9(7)10-8/h7-10H,1-5H2/t7-,8+,9?/m1/s1. The van der Waals surface area contributed by atoms with E-state index in [1.165, 1.54) is 25.7 Å². The first kappa shape index (κ1) is 7.29. The van der Waals surface area contributed by atoms with Crippen molar-refractivity contribution < 1.29 is 4.79 Å². The lowest BCUT2D eigenvalue weighted by Gasteiger charge is -2.24. The van der Waals surface area contributed by atoms with E-state index in [-0.39, 0.29) is 6.04 Å². The molecule has 0 aromatic carbocycles. The molecular weight excluding hydrogens is 138 g/mol. The summed E-state index contributed by atoms with van der Waals surface area (Å²) in [5.41, 5.74) is 0. The lowest BCUT2D eigenvalue weighted by atomic mass is 9.85. The fourth-order valence-electron chi connectivity index (χ4n) is 2.42. The van der Waals surface area contributed by atoms with Crippen LogP contribution >= 0.6 is 0 Å². The van der Waals surface area contributed by atoms with E-state index in [2.05, 4.69) is 11.6 Å². The summed E-state index contributed by atoms with van der Waals surface area (Å²) in [7, 11) is 0. The Morgan fingerprint density at radius 1 is 1.27 bits per heavy atom. The van der Waals surface area contributed by atoms with E-state index in [0.29, 0.717) is 6.04 Å². The van der Waals surface area contributed by atoms with Gasteiger partial charge in [-0.1, -0.05) is 12.8 Å². The van der Waals surface area contributed by atoms with Crippen LogP contribution in [-0.2, 0) is 4.79 Å². The second kappa shape index (κ2) is 2.94. The van der Waals surface area contributed by atoms with Crippen LogP contribution in [0.15, 0.2) is 0 Å². The maximum Gasteiger partial charge on any atom is 0.216 e. The predicted octanol–water partition coefficient (Wildman–Crippen LogP) is 1.02. The quantitative estimate of drug-likeness (QED) is 0.607. The van der Waals surface area contributed by atoms with Crippen LogP contribution in [0.3, 0.4) is 0 Å². The molecule has 11 heavy (non-hydrogen) atoms. The average molecular weight is 152 g/mol. The van der Waals surface area contributed by atoms with Crippen LogP contribution in [0.1, 0.15) is 32.1 Å². The molecule has 61 valence electrons. The van der Waals surface area contributed by atoms with Gasteiger partial charge < -0.3 is 5.32 Å². The van der Waals surface area contributed by atoms with Crippen molar-refractivity contribution in [1.82, 2.24) is 5.32 Å². The van der Waals surface area contributed by atoms with Gasteiger partial charge in [-0.2, -0.15) is 0 Å². The normalized spacial score (nSPS) is 43.5. The van der Waals surface area contributed by atoms with Gasteiger partial charge in [-0.05, 0) is 25.2 Å². The van der Waals surface area contributed by atoms with Crippen LogP contribution < -0.4 is 5.32 Å². The molecule has 0 spiro atoms. The molecule has 0 amide bonds. The maximum absolute atomic E-state index is 10.4. The zero-order valence-electron chi connectivity index (χ0n) is 6.68. The Morgan fingerprint density at radius 3 is 2.82 bits per heavy atom. The summed E-state index contributed by atoms with van der Waals surface area (Å²) >= 11 is 0. The van der Waals surface area contributed by atoms with E-state index in [0.717, 1.165) is 12.3 Å². The Morgan fingerprint density at radius 2 is 2.09 bits per heavy atom. The van der Waals surface area contributed by atoms with Crippen molar-refractivity contribution in [1.29, 1.82) is 0 Å². The smallest absolute Gasteiger partial charge is 0.216 e. The Bertz CT molecular complexity index is 144. The molecule has 0 aromatic heterocycles. The third kappa shape index (κ3) is 1.32. The van der Waals surface area contributed by atoms with Crippen LogP contribution in [0.5, 0.6) is 0 Å². The first-order valence-corrected chi connectivity index (χ1v) is 4.54. The highest BCUT2D eigenvalue weighted by Gasteiger charge is 2.34. The Kier molecular flexibility index (Phi) is 1.95. The third-order valence-electron chi connectivity index (χ3n) is 3.01. The van der Waals surface area contributed by atoms with Crippen LogP contribution in [0.4, 0.5) is 0 Å². The lowest BCUT2D eigenvalue weighted by molar-refractivity contribution is 0.326. The summed E-state index contributed by atoms with van der Waals surface area (Å²) in [6.45, 7) is 0. The number of hydrogen-bond acceptors (Lipinski definition) is 2. The van der Waals surface area contributed by atoms with Crippen molar-refractivity contribution in [2.75, 3.05) is 0 Å². The summed E-state index contributed by atoms with van der Waals surface area (Å²) in [6, 6.07) is 0.679.